The number of nitrogens with zero attached hydrogens (tertiary/aromatic N) is 5. The normalized spacial score (nSPS) is 14.7. The molecule has 38 heavy (non-hydrogen) atoms. The molecule has 0 atom stereocenters. The quantitative estimate of drug-likeness (QED) is 0.312. The zero-order chi connectivity index (χ0) is 26.3. The molecule has 192 valence electrons. The van der Waals surface area contributed by atoms with E-state index in [1.807, 2.05) is 45.2 Å². The van der Waals surface area contributed by atoms with Gasteiger partial charge >= 0.3 is 6.09 Å². The number of ether oxygens (including phenoxy) is 1. The van der Waals surface area contributed by atoms with Crippen LogP contribution in [-0.4, -0.2) is 41.4 Å². The maximum atomic E-state index is 12.6. The topological polar surface area (TPSA) is 111 Å². The molecule has 0 spiro atoms. The van der Waals surface area contributed by atoms with Gasteiger partial charge in [0.15, 0.2) is 0 Å². The molecule has 1 aliphatic rings. The lowest BCUT2D eigenvalue weighted by Gasteiger charge is -2.43. The Bertz CT molecular complexity index is 1580. The molecule has 1 saturated carbocycles. The van der Waals surface area contributed by atoms with Crippen LogP contribution in [0.3, 0.4) is 0 Å². The van der Waals surface area contributed by atoms with Crippen molar-refractivity contribution in [2.24, 2.45) is 0 Å². The minimum Gasteiger partial charge on any atom is -0.444 e. The van der Waals surface area contributed by atoms with Crippen molar-refractivity contribution in [3.63, 3.8) is 0 Å². The van der Waals surface area contributed by atoms with E-state index >= 15 is 0 Å². The number of nitrogens with one attached hydrogen (secondary N) is 2. The van der Waals surface area contributed by atoms with E-state index in [1.54, 1.807) is 18.7 Å². The van der Waals surface area contributed by atoms with E-state index in [9.17, 15) is 4.79 Å². The first-order valence-corrected chi connectivity index (χ1v) is 12.7. The molecule has 1 aromatic carbocycles. The second-order valence-electron chi connectivity index (χ2n) is 10.6. The largest absolute Gasteiger partial charge is 0.444 e. The van der Waals surface area contributed by atoms with Gasteiger partial charge in [-0.3, -0.25) is 14.6 Å². The summed E-state index contributed by atoms with van der Waals surface area (Å²) in [4.78, 5) is 26.4. The van der Waals surface area contributed by atoms with Gasteiger partial charge in [0, 0.05) is 29.0 Å². The molecular weight excluding hydrogens is 478 g/mol. The van der Waals surface area contributed by atoms with Crippen molar-refractivity contribution in [2.75, 3.05) is 0 Å². The molecule has 5 aromatic rings. The molecule has 1 fully saturated rings. The van der Waals surface area contributed by atoms with E-state index < -0.39 is 17.2 Å². The Labute approximate surface area is 220 Å². The number of benzene rings is 1. The van der Waals surface area contributed by atoms with Gasteiger partial charge in [0.05, 0.1) is 28.8 Å². The van der Waals surface area contributed by atoms with Gasteiger partial charge in [-0.15, -0.1) is 0 Å². The van der Waals surface area contributed by atoms with Gasteiger partial charge in [0.25, 0.3) is 0 Å². The fourth-order valence-electron chi connectivity index (χ4n) is 5.03. The van der Waals surface area contributed by atoms with E-state index in [0.717, 1.165) is 64.2 Å². The van der Waals surface area contributed by atoms with Crippen LogP contribution in [0.25, 0.3) is 39.4 Å². The summed E-state index contributed by atoms with van der Waals surface area (Å²) in [6.45, 7) is 5.62. The number of hydrogen-bond donors (Lipinski definition) is 2. The molecule has 2 N–H and O–H groups in total. The minimum atomic E-state index is -0.548. The zero-order valence-corrected chi connectivity index (χ0v) is 21.6. The Morgan fingerprint density at radius 1 is 1.08 bits per heavy atom. The van der Waals surface area contributed by atoms with E-state index in [1.165, 1.54) is 0 Å². The summed E-state index contributed by atoms with van der Waals surface area (Å²) in [7, 11) is 0. The number of aromatic amines is 1. The van der Waals surface area contributed by atoms with Crippen LogP contribution in [0.1, 0.15) is 45.6 Å². The molecule has 0 bridgehead atoms. The van der Waals surface area contributed by atoms with Gasteiger partial charge in [-0.1, -0.05) is 18.2 Å². The summed E-state index contributed by atoms with van der Waals surface area (Å²) in [6.07, 6.45) is 9.35. The molecule has 0 unspecified atom stereocenters. The fourth-order valence-corrected chi connectivity index (χ4v) is 5.03. The summed E-state index contributed by atoms with van der Waals surface area (Å²) < 4.78 is 7.64. The molecule has 4 heterocycles. The number of carbonyl (C=O) groups is 1. The highest BCUT2D eigenvalue weighted by atomic mass is 16.6. The predicted octanol–water partition coefficient (Wildman–Crippen LogP) is 5.78. The highest BCUT2D eigenvalue weighted by Gasteiger charge is 2.41. The third kappa shape index (κ3) is 4.30. The second-order valence-corrected chi connectivity index (χ2v) is 10.6. The number of alkyl carbamates (subject to hydrolysis) is 1. The van der Waals surface area contributed by atoms with Crippen molar-refractivity contribution in [2.45, 2.75) is 51.2 Å². The third-order valence-electron chi connectivity index (χ3n) is 6.92. The first-order chi connectivity index (χ1) is 18.3. The number of pyridine rings is 1. The van der Waals surface area contributed by atoms with Crippen molar-refractivity contribution in [1.82, 2.24) is 35.0 Å². The Morgan fingerprint density at radius 2 is 1.89 bits per heavy atom. The minimum absolute atomic E-state index is 0.390. The monoisotopic (exact) mass is 507 g/mol. The molecule has 1 aliphatic carbocycles. The van der Waals surface area contributed by atoms with Crippen LogP contribution in [0, 0.1) is 0 Å². The first-order valence-electron chi connectivity index (χ1n) is 12.7. The number of carbonyl (C=O) groups excluding carboxylic acids is 1. The molecule has 0 saturated heterocycles. The number of hydrogen-bond acceptors (Lipinski definition) is 6. The molecular formula is C29H29N7O2. The maximum Gasteiger partial charge on any atom is 0.408 e. The summed E-state index contributed by atoms with van der Waals surface area (Å²) in [5.74, 6) is 0. The van der Waals surface area contributed by atoms with Crippen molar-refractivity contribution in [1.29, 1.82) is 0 Å². The van der Waals surface area contributed by atoms with E-state index in [2.05, 4.69) is 65.4 Å². The highest BCUT2D eigenvalue weighted by Crippen LogP contribution is 2.42. The third-order valence-corrected chi connectivity index (χ3v) is 6.92. The predicted molar refractivity (Wildman–Crippen MR) is 145 cm³/mol. The number of fused-ring (bicyclic) bond motifs is 1. The highest BCUT2D eigenvalue weighted by molar-refractivity contribution is 5.95. The Morgan fingerprint density at radius 3 is 2.53 bits per heavy atom. The number of amides is 1. The SMILES string of the molecule is CC(C)(C)OC(=O)NC1(c2ccc(-n3c(-c4ccccn4)cc4c(-c5cn[nH]c5)ncnc43)cc2)CCC1. The van der Waals surface area contributed by atoms with E-state index in [-0.39, 0.29) is 0 Å². The van der Waals surface area contributed by atoms with E-state index in [0.29, 0.717) is 0 Å². The van der Waals surface area contributed by atoms with Gasteiger partial charge in [-0.25, -0.2) is 14.8 Å². The lowest BCUT2D eigenvalue weighted by Crippen LogP contribution is -2.52. The van der Waals surface area contributed by atoms with Crippen molar-refractivity contribution in [3.8, 4) is 28.3 Å². The van der Waals surface area contributed by atoms with E-state index in [4.69, 9.17) is 4.74 Å². The Balaban J connectivity index is 1.43. The van der Waals surface area contributed by atoms with Crippen LogP contribution in [0.4, 0.5) is 4.79 Å². The lowest BCUT2D eigenvalue weighted by atomic mass is 9.72. The summed E-state index contributed by atoms with van der Waals surface area (Å²) in [5, 5.41) is 11.0. The summed E-state index contributed by atoms with van der Waals surface area (Å²) in [5.41, 5.74) is 5.22. The molecule has 6 rings (SSSR count). The molecule has 9 nitrogen and oxygen atoms in total. The van der Waals surface area contributed by atoms with Crippen LogP contribution >= 0.6 is 0 Å². The number of rotatable bonds is 5. The smallest absolute Gasteiger partial charge is 0.408 e. The Hall–Kier alpha value is -4.53. The average Bonchev–Trinajstić information content (AvgIpc) is 3.54. The number of H-pyrrole nitrogens is 1. The lowest BCUT2D eigenvalue weighted by molar-refractivity contribution is 0.0377. The van der Waals surface area contributed by atoms with Crippen LogP contribution in [-0.2, 0) is 10.3 Å². The van der Waals surface area contributed by atoms with Crippen LogP contribution in [0.5, 0.6) is 0 Å². The zero-order valence-electron chi connectivity index (χ0n) is 21.6. The van der Waals surface area contributed by atoms with Crippen molar-refractivity contribution in [3.05, 3.63) is 79.0 Å². The van der Waals surface area contributed by atoms with Crippen LogP contribution in [0.15, 0.2) is 73.4 Å². The second kappa shape index (κ2) is 9.09. The molecule has 9 heteroatoms. The van der Waals surface area contributed by atoms with Crippen LogP contribution < -0.4 is 5.32 Å². The standard InChI is InChI=1S/C29H29N7O2/c1-28(2,3)38-27(37)35-29(12-6-13-29)20-8-10-21(11-9-20)36-24(23-7-4-5-14-30-23)15-22-25(19-16-33-34-17-19)31-18-32-26(22)36/h4-5,7-11,14-18H,6,12-13H2,1-3H3,(H,33,34)(H,35,37). The molecule has 0 aliphatic heterocycles. The summed E-state index contributed by atoms with van der Waals surface area (Å²) >= 11 is 0. The van der Waals surface area contributed by atoms with Gasteiger partial charge in [-0.05, 0) is 75.9 Å². The van der Waals surface area contributed by atoms with Gasteiger partial charge < -0.3 is 10.1 Å². The Kier molecular flexibility index (Phi) is 5.71. The van der Waals surface area contributed by atoms with Crippen LogP contribution in [0.2, 0.25) is 0 Å². The van der Waals surface area contributed by atoms with Gasteiger partial charge in [0.2, 0.25) is 0 Å². The molecule has 0 radical (unpaired) electrons. The first kappa shape index (κ1) is 23.8. The van der Waals surface area contributed by atoms with Gasteiger partial charge in [0.1, 0.15) is 17.6 Å². The van der Waals surface area contributed by atoms with Gasteiger partial charge in [-0.2, -0.15) is 5.10 Å². The fraction of sp³-hybridized carbons (Fsp3) is 0.276. The van der Waals surface area contributed by atoms with Crippen molar-refractivity contribution < 1.29 is 9.53 Å². The molecule has 4 aromatic heterocycles. The van der Waals surface area contributed by atoms with Crippen molar-refractivity contribution >= 4 is 17.1 Å². The summed E-state index contributed by atoms with van der Waals surface area (Å²) in [6, 6.07) is 16.2. The average molecular weight is 508 g/mol. The maximum absolute atomic E-state index is 12.6. The molecule has 1 amide bonds. The number of aromatic nitrogens is 6.